The molecule has 12 rings (SSSR count). The first-order valence-electron chi connectivity index (χ1n) is 56.0. The fraction of sp³-hybridized carbons (Fsp3) is 1.00. The molecular weight excluding hydrogens is 1520 g/mol. The number of azide groups is 1. The van der Waals surface area contributed by atoms with Crippen LogP contribution in [0.15, 0.2) is 5.11 Å². The molecule has 0 aromatic heterocycles. The molecule has 10 nitrogen and oxygen atoms in total. The zero-order valence-electron chi connectivity index (χ0n) is 88.2. The van der Waals surface area contributed by atoms with Gasteiger partial charge < -0.3 is 36.5 Å². The van der Waals surface area contributed by atoms with Gasteiger partial charge >= 0.3 is 0 Å². The standard InChI is InChI=1S/C34H65N3O3.C28H50.C27H48O.C9H20.C6H14.C4H9N3.C4H10.C2H6/c1-5-6-10-24(2)27-11-12-28-32-29(23-31(34(27,28)4)40-20-9-17-37)33(3)14-13-26(38-18-7-15-35)21-25(33)22-30(32)39-19-8-16-36;1-8-9-10-19(3)23-11-12-24-26-20(4)16-22-15-18(2)13-14-27(22,6)25(26)17-21(5)28(23,24)7;1-17-11-12-26(5)21(14-17)15-19(3)25-23-10-9-22(18(2)8-7-13-28)27(23,6)20(4)16-24(25)26;1-3-5-7-9-8-6-4-2;1-3-5-6-4-2;1-2-3-4-6-7-5;1-3-4-2;1-2/h24-32H,5-23,35-37H2,1-4H3;18-26H,8-17H2,1-7H3;17-25,28H,7-16H2,1-6H3;3-9H2,1-2H3;3-6H2,1-2H3;2-4H2,1H3;3-4H2,1-2H3;1-2H3/t24-,25+,26?,27-,28+,29+,30-,31+,32+,33+,34-;18?,19-,20-,21+,22+,23-,24+,25+,26+,27+,28-;17?,18-,19-,20+,21+,22-,23+,24+,25+,26+,27-;;;;;/m111...../s1. The summed E-state index contributed by atoms with van der Waals surface area (Å²) in [5.41, 5.74) is 28.3. The molecule has 732 valence electrons. The van der Waals surface area contributed by atoms with Gasteiger partial charge in [0.2, 0.25) is 0 Å². The van der Waals surface area contributed by atoms with Crippen molar-refractivity contribution in [2.24, 2.45) is 197 Å². The van der Waals surface area contributed by atoms with Gasteiger partial charge in [-0.15, -0.1) is 0 Å². The smallest absolute Gasteiger partial charge is 0.0637 e. The summed E-state index contributed by atoms with van der Waals surface area (Å²) >= 11 is 0. The minimum atomic E-state index is 0.212. The fourth-order valence-electron chi connectivity index (χ4n) is 31.8. The van der Waals surface area contributed by atoms with Crippen LogP contribution in [0.1, 0.15) is 482 Å². The van der Waals surface area contributed by atoms with Crippen molar-refractivity contribution in [1.29, 1.82) is 0 Å². The van der Waals surface area contributed by atoms with E-state index in [1.54, 1.807) is 19.3 Å². The molecule has 12 fully saturated rings. The number of unbranched alkanes of at least 4 members (excludes halogenated alkanes) is 13. The van der Waals surface area contributed by atoms with Crippen LogP contribution in [0.4, 0.5) is 0 Å². The minimum Gasteiger partial charge on any atom is -0.396 e. The number of nitrogens with zero attached hydrogens (tertiary/aromatic N) is 3. The maximum Gasteiger partial charge on any atom is 0.0637 e. The van der Waals surface area contributed by atoms with Crippen LogP contribution in [0, 0.1) is 175 Å². The lowest BCUT2D eigenvalue weighted by Gasteiger charge is -2.65. The average molecular weight is 1740 g/mol. The summed E-state index contributed by atoms with van der Waals surface area (Å²) in [6.45, 7) is 69.1. The van der Waals surface area contributed by atoms with Gasteiger partial charge in [0.25, 0.3) is 0 Å². The quantitative estimate of drug-likeness (QED) is 0.0207. The Bertz CT molecular complexity index is 2690. The summed E-state index contributed by atoms with van der Waals surface area (Å²) in [6.07, 6.45) is 64.3. The van der Waals surface area contributed by atoms with Gasteiger partial charge in [-0.25, -0.2) is 0 Å². The Balaban J connectivity index is 0.000000289. The van der Waals surface area contributed by atoms with Crippen molar-refractivity contribution in [1.82, 2.24) is 0 Å². The van der Waals surface area contributed by atoms with Gasteiger partial charge in [-0.3, -0.25) is 0 Å². The summed E-state index contributed by atoms with van der Waals surface area (Å²) in [6, 6.07) is 0. The Labute approximate surface area is 774 Å². The maximum absolute atomic E-state index is 9.35. The SMILES string of the molecule is CC.CC1CC[C@@]2(C)[C@@H](C1)C[C@@H](C)[C@@H]1[C@@H]2C[C@H](C)[C@]2(C)[C@@H]([C@H](C)CCCO)CC[C@@H]12.CCCC.CCCCCC.CCCCCCCCC.CCCCN=[N+]=[N-].CCCC[C@@H](C)[C@H]1CC[C@H]2[C@@H]3[C@H](C)C[C@@H]4CC(C)CC[C@]4(C)[C@H]3C[C@H](C)[C@]12C.CCCC[C@@H](C)[C@H]1CC[C@H]2[C@@H]3[C@H](OCCCN)C[C@@H]4CC(OCCCN)CC[C@]4(C)[C@H]3C[C@H](OCCCN)[C@]12C. The van der Waals surface area contributed by atoms with Crippen molar-refractivity contribution in [3.8, 4) is 0 Å². The molecule has 0 heterocycles. The second-order valence-electron chi connectivity index (χ2n) is 46.9. The molecule has 33 atom stereocenters. The lowest BCUT2D eigenvalue weighted by molar-refractivity contribution is -0.227. The van der Waals surface area contributed by atoms with Crippen LogP contribution in [0.2, 0.25) is 0 Å². The average Bonchev–Trinajstić information content (AvgIpc) is 1.60. The van der Waals surface area contributed by atoms with Crippen LogP contribution in [0.5, 0.6) is 0 Å². The molecule has 12 saturated carbocycles. The first-order valence-corrected chi connectivity index (χ1v) is 56.0. The highest BCUT2D eigenvalue weighted by Crippen LogP contribution is 2.75. The number of rotatable bonds is 37. The molecule has 0 radical (unpaired) electrons. The molecule has 0 bridgehead atoms. The van der Waals surface area contributed by atoms with E-state index in [1.165, 1.54) is 244 Å². The van der Waals surface area contributed by atoms with Crippen LogP contribution in [-0.4, -0.2) is 76.0 Å². The summed E-state index contributed by atoms with van der Waals surface area (Å²) in [7, 11) is 0. The van der Waals surface area contributed by atoms with E-state index in [4.69, 9.17) is 36.9 Å². The number of aliphatic hydroxyl groups is 1. The molecule has 12 aliphatic carbocycles. The highest BCUT2D eigenvalue weighted by molar-refractivity contribution is 5.18. The van der Waals surface area contributed by atoms with Crippen LogP contribution in [0.3, 0.4) is 0 Å². The van der Waals surface area contributed by atoms with E-state index in [1.807, 2.05) is 13.8 Å². The number of fused-ring (bicyclic) bond motifs is 15. The van der Waals surface area contributed by atoms with Crippen molar-refractivity contribution < 1.29 is 19.3 Å². The van der Waals surface area contributed by atoms with Crippen molar-refractivity contribution in [2.75, 3.05) is 52.6 Å². The van der Waals surface area contributed by atoms with E-state index in [0.717, 1.165) is 177 Å². The predicted molar refractivity (Wildman–Crippen MR) is 540 cm³/mol. The zero-order chi connectivity index (χ0) is 92.0. The third kappa shape index (κ3) is 28.6. The molecule has 10 heteroatoms. The molecule has 0 saturated heterocycles. The molecule has 12 aliphatic rings. The fourth-order valence-corrected chi connectivity index (χ4v) is 31.8. The Kier molecular flexibility index (Phi) is 52.8. The van der Waals surface area contributed by atoms with Gasteiger partial charge in [0.1, 0.15) is 0 Å². The van der Waals surface area contributed by atoms with E-state index in [9.17, 15) is 5.11 Å². The molecule has 0 aromatic rings. The van der Waals surface area contributed by atoms with Crippen molar-refractivity contribution in [2.45, 2.75) is 500 Å². The van der Waals surface area contributed by atoms with E-state index < -0.39 is 0 Å². The first kappa shape index (κ1) is 114. The number of ether oxygens (including phenoxy) is 3. The first-order chi connectivity index (χ1) is 59.5. The van der Waals surface area contributed by atoms with Gasteiger partial charge in [0.05, 0.1) is 18.3 Å². The van der Waals surface area contributed by atoms with Crippen LogP contribution < -0.4 is 17.2 Å². The Morgan fingerprint density at radius 3 is 1.14 bits per heavy atom. The third-order valence-corrected chi connectivity index (χ3v) is 39.4. The molecule has 0 aliphatic heterocycles. The molecule has 0 amide bonds. The zero-order valence-corrected chi connectivity index (χ0v) is 88.2. The Morgan fingerprint density at radius 2 is 0.734 bits per heavy atom. The highest BCUT2D eigenvalue weighted by atomic mass is 16.5. The number of hydrogen-bond acceptors (Lipinski definition) is 8. The van der Waals surface area contributed by atoms with Gasteiger partial charge in [-0.05, 0) is 355 Å². The van der Waals surface area contributed by atoms with Crippen molar-refractivity contribution in [3.63, 3.8) is 0 Å². The summed E-state index contributed by atoms with van der Waals surface area (Å²) in [5, 5.41) is 12.7. The van der Waals surface area contributed by atoms with Crippen LogP contribution in [-0.2, 0) is 14.2 Å². The van der Waals surface area contributed by atoms with E-state index in [2.05, 4.69) is 176 Å². The lowest BCUT2D eigenvalue weighted by Crippen LogP contribution is -2.63. The highest BCUT2D eigenvalue weighted by Gasteiger charge is 2.69. The number of nitrogens with two attached hydrogens (primary N) is 3. The summed E-state index contributed by atoms with van der Waals surface area (Å²) in [4.78, 5) is 2.60. The lowest BCUT2D eigenvalue weighted by atomic mass is 9.40. The largest absolute Gasteiger partial charge is 0.396 e. The van der Waals surface area contributed by atoms with Crippen molar-refractivity contribution >= 4 is 0 Å². The second-order valence-corrected chi connectivity index (χ2v) is 46.9. The third-order valence-electron chi connectivity index (χ3n) is 39.4. The van der Waals surface area contributed by atoms with Crippen LogP contribution in [0.25, 0.3) is 10.4 Å². The monoisotopic (exact) mass is 1740 g/mol. The predicted octanol–water partition coefficient (Wildman–Crippen LogP) is 32.9. The Hall–Kier alpha value is -0.970. The topological polar surface area (TPSA) is 175 Å². The normalized spacial score (nSPS) is 40.0. The van der Waals surface area contributed by atoms with E-state index in [0.29, 0.717) is 102 Å². The molecular formula is C114H222N6O4. The number of aliphatic hydroxyl groups excluding tert-OH is 1. The van der Waals surface area contributed by atoms with Gasteiger partial charge in [0.15, 0.2) is 0 Å². The molecule has 0 spiro atoms. The van der Waals surface area contributed by atoms with E-state index >= 15 is 0 Å². The summed E-state index contributed by atoms with van der Waals surface area (Å²) in [5.74, 6) is 21.2. The maximum atomic E-state index is 9.35. The molecule has 7 N–H and O–H groups in total. The van der Waals surface area contributed by atoms with Gasteiger partial charge in [0, 0.05) is 43.3 Å². The molecule has 0 aromatic carbocycles. The number of hydrogen-bond donors (Lipinski definition) is 4. The van der Waals surface area contributed by atoms with Gasteiger partial charge in [-0.1, -0.05) is 326 Å². The van der Waals surface area contributed by atoms with Crippen LogP contribution >= 0.6 is 0 Å². The minimum absolute atomic E-state index is 0.212. The molecule has 124 heavy (non-hydrogen) atoms. The van der Waals surface area contributed by atoms with Gasteiger partial charge in [-0.2, -0.15) is 0 Å². The Morgan fingerprint density at radius 1 is 0.371 bits per heavy atom. The van der Waals surface area contributed by atoms with E-state index in [-0.39, 0.29) is 5.41 Å². The summed E-state index contributed by atoms with van der Waals surface area (Å²) < 4.78 is 20.2. The van der Waals surface area contributed by atoms with Crippen molar-refractivity contribution in [3.05, 3.63) is 10.4 Å². The second kappa shape index (κ2) is 57.7. The molecule has 3 unspecified atom stereocenters.